The predicted molar refractivity (Wildman–Crippen MR) is 126 cm³/mol. The molecule has 0 radical (unpaired) electrons. The number of hydrogen-bond donors (Lipinski definition) is 2. The van der Waals surface area contributed by atoms with Crippen LogP contribution in [-0.4, -0.2) is 43.6 Å². The van der Waals surface area contributed by atoms with Crippen molar-refractivity contribution in [1.82, 2.24) is 9.88 Å². The molecule has 1 aromatic heterocycles. The van der Waals surface area contributed by atoms with Crippen molar-refractivity contribution in [1.29, 1.82) is 0 Å². The molecule has 2 heterocycles. The van der Waals surface area contributed by atoms with E-state index in [0.29, 0.717) is 12.4 Å². The number of amides is 1. The topological polar surface area (TPSA) is 75.7 Å². The summed E-state index contributed by atoms with van der Waals surface area (Å²) in [4.78, 5) is 20.5. The van der Waals surface area contributed by atoms with Gasteiger partial charge in [-0.1, -0.05) is 12.1 Å². The van der Waals surface area contributed by atoms with Gasteiger partial charge in [-0.05, 0) is 62.0 Å². The molecular weight excluding hydrogens is 404 g/mol. The maximum atomic E-state index is 13.5. The van der Waals surface area contributed by atoms with E-state index in [1.807, 2.05) is 74.6 Å². The summed E-state index contributed by atoms with van der Waals surface area (Å²) in [5.41, 5.74) is 2.61. The van der Waals surface area contributed by atoms with Crippen LogP contribution in [0.3, 0.4) is 0 Å². The number of ether oxygens (including phenoxy) is 2. The zero-order chi connectivity index (χ0) is 22.7. The molecule has 0 fully saturated rings. The van der Waals surface area contributed by atoms with Crippen molar-refractivity contribution in [3.05, 3.63) is 71.9 Å². The molecule has 0 bridgehead atoms. The van der Waals surface area contributed by atoms with Crippen molar-refractivity contribution in [3.63, 3.8) is 0 Å². The highest BCUT2D eigenvalue weighted by atomic mass is 16.5. The zero-order valence-corrected chi connectivity index (χ0v) is 18.8. The number of anilines is 3. The summed E-state index contributed by atoms with van der Waals surface area (Å²) < 4.78 is 10.5. The molecule has 1 amide bonds. The van der Waals surface area contributed by atoms with E-state index in [1.54, 1.807) is 14.2 Å². The van der Waals surface area contributed by atoms with Crippen molar-refractivity contribution in [3.8, 4) is 11.5 Å². The van der Waals surface area contributed by atoms with Crippen LogP contribution in [0.15, 0.2) is 60.7 Å². The minimum Gasteiger partial charge on any atom is -0.497 e. The third-order valence-electron chi connectivity index (χ3n) is 5.72. The van der Waals surface area contributed by atoms with Gasteiger partial charge in [0, 0.05) is 30.5 Å². The molecule has 0 spiro atoms. The molecule has 1 aliphatic rings. The number of nitrogens with zero attached hydrogens (tertiary/aromatic N) is 2. The fraction of sp³-hybridized carbons (Fsp3) is 0.280. The summed E-state index contributed by atoms with van der Waals surface area (Å²) in [5, 5.41) is 6.38. The predicted octanol–water partition coefficient (Wildman–Crippen LogP) is 4.18. The average Bonchev–Trinajstić information content (AvgIpc) is 2.80. The number of carbonyl (C=O) groups is 1. The van der Waals surface area contributed by atoms with E-state index >= 15 is 0 Å². The first-order valence-electron chi connectivity index (χ1n) is 10.5. The number of pyridine rings is 1. The summed E-state index contributed by atoms with van der Waals surface area (Å²) in [7, 11) is 5.27. The summed E-state index contributed by atoms with van der Waals surface area (Å²) in [6.45, 7) is 3.26. The van der Waals surface area contributed by atoms with Gasteiger partial charge in [-0.2, -0.15) is 0 Å². The molecule has 1 atom stereocenters. The Bertz CT molecular complexity index is 1120. The quantitative estimate of drug-likeness (QED) is 0.609. The molecule has 3 aromatic rings. The third-order valence-corrected chi connectivity index (χ3v) is 5.72. The van der Waals surface area contributed by atoms with Gasteiger partial charge in [0.2, 0.25) is 5.91 Å². The number of nitrogens with one attached hydrogen (secondary N) is 2. The Balaban J connectivity index is 1.63. The summed E-state index contributed by atoms with van der Waals surface area (Å²) in [6.07, 6.45) is 0. The Kier molecular flexibility index (Phi) is 6.01. The van der Waals surface area contributed by atoms with Gasteiger partial charge >= 0.3 is 0 Å². The molecule has 2 N–H and O–H groups in total. The zero-order valence-electron chi connectivity index (χ0n) is 18.8. The maximum absolute atomic E-state index is 13.5. The van der Waals surface area contributed by atoms with Crippen molar-refractivity contribution >= 4 is 23.1 Å². The Morgan fingerprint density at radius 1 is 1.00 bits per heavy atom. The van der Waals surface area contributed by atoms with E-state index in [0.717, 1.165) is 40.7 Å². The Morgan fingerprint density at radius 3 is 2.47 bits per heavy atom. The lowest BCUT2D eigenvalue weighted by atomic mass is 9.79. The molecule has 0 saturated heterocycles. The number of fused-ring (bicyclic) bond motifs is 1. The fourth-order valence-corrected chi connectivity index (χ4v) is 4.10. The molecule has 2 aromatic carbocycles. The van der Waals surface area contributed by atoms with E-state index in [2.05, 4.69) is 15.5 Å². The smallest absolute Gasteiger partial charge is 0.237 e. The first kappa shape index (κ1) is 21.6. The first-order valence-corrected chi connectivity index (χ1v) is 10.5. The standard InChI is InChI=1S/C25H28N4O3/c1-25(24(30)27-18-9-11-20(31-3)12-10-18)16-29(2)15-17-8-13-22(28-23(17)25)26-19-6-5-7-21(14-19)32-4/h5-14H,15-16H2,1-4H3,(H,26,28)(H,27,30). The first-order chi connectivity index (χ1) is 15.4. The van der Waals surface area contributed by atoms with Crippen LogP contribution in [0.1, 0.15) is 18.2 Å². The van der Waals surface area contributed by atoms with E-state index < -0.39 is 5.41 Å². The van der Waals surface area contributed by atoms with Crippen LogP contribution in [0.5, 0.6) is 11.5 Å². The van der Waals surface area contributed by atoms with Crippen LogP contribution in [-0.2, 0) is 16.8 Å². The molecule has 0 saturated carbocycles. The Morgan fingerprint density at radius 2 is 1.75 bits per heavy atom. The Hall–Kier alpha value is -3.58. The second kappa shape index (κ2) is 8.88. The SMILES string of the molecule is COc1ccc(NC(=O)C2(C)CN(C)Cc3ccc(Nc4cccc(OC)c4)nc32)cc1. The minimum absolute atomic E-state index is 0.0958. The van der Waals surface area contributed by atoms with Crippen LogP contribution in [0, 0.1) is 0 Å². The molecule has 166 valence electrons. The number of rotatable bonds is 6. The molecule has 4 rings (SSSR count). The number of likely N-dealkylation sites (N-methyl/N-ethyl adjacent to an activating group) is 1. The van der Waals surface area contributed by atoms with Crippen molar-refractivity contribution in [2.24, 2.45) is 0 Å². The second-order valence-electron chi connectivity index (χ2n) is 8.25. The lowest BCUT2D eigenvalue weighted by molar-refractivity contribution is -0.122. The van der Waals surface area contributed by atoms with Gasteiger partial charge in [0.1, 0.15) is 22.7 Å². The second-order valence-corrected chi connectivity index (χ2v) is 8.25. The average molecular weight is 433 g/mol. The molecule has 32 heavy (non-hydrogen) atoms. The molecule has 0 aliphatic carbocycles. The van der Waals surface area contributed by atoms with Crippen LogP contribution < -0.4 is 20.1 Å². The lowest BCUT2D eigenvalue weighted by Crippen LogP contribution is -2.50. The van der Waals surface area contributed by atoms with Crippen molar-refractivity contribution in [2.45, 2.75) is 18.9 Å². The van der Waals surface area contributed by atoms with Gasteiger partial charge in [-0.3, -0.25) is 4.79 Å². The van der Waals surface area contributed by atoms with Gasteiger partial charge in [-0.15, -0.1) is 0 Å². The number of aromatic nitrogens is 1. The summed E-state index contributed by atoms with van der Waals surface area (Å²) >= 11 is 0. The monoisotopic (exact) mass is 432 g/mol. The molecule has 7 heteroatoms. The van der Waals surface area contributed by atoms with Gasteiger partial charge in [0.05, 0.1) is 19.9 Å². The van der Waals surface area contributed by atoms with Crippen molar-refractivity contribution in [2.75, 3.05) is 38.4 Å². The van der Waals surface area contributed by atoms with Gasteiger partial charge in [0.15, 0.2) is 0 Å². The minimum atomic E-state index is -0.811. The van der Waals surface area contributed by atoms with E-state index in [1.165, 1.54) is 0 Å². The van der Waals surface area contributed by atoms with Crippen LogP contribution in [0.4, 0.5) is 17.2 Å². The highest BCUT2D eigenvalue weighted by Gasteiger charge is 2.42. The molecular formula is C25H28N4O3. The third kappa shape index (κ3) is 4.38. The summed E-state index contributed by atoms with van der Waals surface area (Å²) in [6, 6.07) is 19.0. The highest BCUT2D eigenvalue weighted by Crippen LogP contribution is 2.34. The van der Waals surface area contributed by atoms with Crippen LogP contribution >= 0.6 is 0 Å². The molecule has 1 unspecified atom stereocenters. The van der Waals surface area contributed by atoms with Crippen molar-refractivity contribution < 1.29 is 14.3 Å². The van der Waals surface area contributed by atoms with Crippen LogP contribution in [0.25, 0.3) is 0 Å². The van der Waals surface area contributed by atoms with E-state index in [9.17, 15) is 4.79 Å². The lowest BCUT2D eigenvalue weighted by Gasteiger charge is -2.38. The number of hydrogen-bond acceptors (Lipinski definition) is 6. The van der Waals surface area contributed by atoms with Gasteiger partial charge in [0.25, 0.3) is 0 Å². The molecule has 7 nitrogen and oxygen atoms in total. The molecule has 1 aliphatic heterocycles. The summed E-state index contributed by atoms with van der Waals surface area (Å²) in [5.74, 6) is 2.09. The highest BCUT2D eigenvalue weighted by molar-refractivity contribution is 5.99. The number of carbonyl (C=O) groups excluding carboxylic acids is 1. The number of benzene rings is 2. The van der Waals surface area contributed by atoms with E-state index in [-0.39, 0.29) is 5.91 Å². The number of methoxy groups -OCH3 is 2. The van der Waals surface area contributed by atoms with Gasteiger partial charge in [-0.25, -0.2) is 4.98 Å². The Labute approximate surface area is 188 Å². The van der Waals surface area contributed by atoms with Crippen LogP contribution in [0.2, 0.25) is 0 Å². The normalized spacial score (nSPS) is 17.9. The fourth-order valence-electron chi connectivity index (χ4n) is 4.10. The van der Waals surface area contributed by atoms with E-state index in [4.69, 9.17) is 14.5 Å². The largest absolute Gasteiger partial charge is 0.497 e. The maximum Gasteiger partial charge on any atom is 0.237 e. The van der Waals surface area contributed by atoms with Gasteiger partial charge < -0.3 is 25.0 Å².